The van der Waals surface area contributed by atoms with Gasteiger partial charge in [-0.15, -0.1) is 0 Å². The molecule has 2 rings (SSSR count). The zero-order valence-corrected chi connectivity index (χ0v) is 13.9. The number of primary amides is 1. The van der Waals surface area contributed by atoms with Crippen LogP contribution in [0.15, 0.2) is 48.5 Å². The van der Waals surface area contributed by atoms with E-state index in [0.29, 0.717) is 17.9 Å². The van der Waals surface area contributed by atoms with Gasteiger partial charge in [-0.3, -0.25) is 4.79 Å². The van der Waals surface area contributed by atoms with Crippen molar-refractivity contribution in [3.8, 4) is 11.5 Å². The van der Waals surface area contributed by atoms with Gasteiger partial charge in [-0.1, -0.05) is 36.4 Å². The quantitative estimate of drug-likeness (QED) is 0.701. The summed E-state index contributed by atoms with van der Waals surface area (Å²) in [5.41, 5.74) is 12.5. The van der Waals surface area contributed by atoms with E-state index in [9.17, 15) is 9.59 Å². The molecule has 0 aliphatic rings. The molecule has 0 fully saturated rings. The Labute approximate surface area is 145 Å². The summed E-state index contributed by atoms with van der Waals surface area (Å²) in [7, 11) is 1.46. The molecule has 5 N–H and O–H groups in total. The lowest BCUT2D eigenvalue weighted by Gasteiger charge is -2.14. The average molecular weight is 343 g/mol. The van der Waals surface area contributed by atoms with Gasteiger partial charge in [0.25, 0.3) is 0 Å². The SMILES string of the molecule is CNC(=O)Oc1cc(C[C@H](N)C(N)=O)ccc1OCc1ccccc1. The van der Waals surface area contributed by atoms with E-state index in [2.05, 4.69) is 5.32 Å². The second-order valence-electron chi connectivity index (χ2n) is 5.41. The standard InChI is InChI=1S/C18H21N3O4/c1-21-18(23)25-16-10-13(9-14(19)17(20)22)7-8-15(16)24-11-12-5-3-2-4-6-12/h2-8,10,14H,9,11,19H2,1H3,(H2,20,22)(H,21,23)/t14-/m0/s1. The van der Waals surface area contributed by atoms with Crippen LogP contribution in [0.4, 0.5) is 4.79 Å². The van der Waals surface area contributed by atoms with Gasteiger partial charge in [-0.2, -0.15) is 0 Å². The van der Waals surface area contributed by atoms with Crippen LogP contribution in [-0.2, 0) is 17.8 Å². The van der Waals surface area contributed by atoms with Gasteiger partial charge in [0.15, 0.2) is 11.5 Å². The molecule has 132 valence electrons. The number of amides is 2. The van der Waals surface area contributed by atoms with Crippen molar-refractivity contribution in [2.24, 2.45) is 11.5 Å². The third-order valence-corrected chi connectivity index (χ3v) is 3.47. The lowest BCUT2D eigenvalue weighted by Crippen LogP contribution is -2.38. The monoisotopic (exact) mass is 343 g/mol. The summed E-state index contributed by atoms with van der Waals surface area (Å²) in [5, 5.41) is 2.38. The lowest BCUT2D eigenvalue weighted by molar-refractivity contribution is -0.119. The zero-order chi connectivity index (χ0) is 18.2. The molecule has 2 amide bonds. The third kappa shape index (κ3) is 5.50. The predicted octanol–water partition coefficient (Wildman–Crippen LogP) is 1.34. The molecule has 0 saturated carbocycles. The summed E-state index contributed by atoms with van der Waals surface area (Å²) in [6, 6.07) is 13.8. The highest BCUT2D eigenvalue weighted by atomic mass is 16.6. The van der Waals surface area contributed by atoms with E-state index in [1.165, 1.54) is 7.05 Å². The molecule has 0 aromatic heterocycles. The van der Waals surface area contributed by atoms with E-state index in [4.69, 9.17) is 20.9 Å². The first-order chi connectivity index (χ1) is 12.0. The molecule has 0 unspecified atom stereocenters. The maximum atomic E-state index is 11.6. The normalized spacial score (nSPS) is 11.4. The number of hydrogen-bond acceptors (Lipinski definition) is 5. The van der Waals surface area contributed by atoms with E-state index in [1.54, 1.807) is 18.2 Å². The average Bonchev–Trinajstić information content (AvgIpc) is 2.61. The second-order valence-corrected chi connectivity index (χ2v) is 5.41. The number of rotatable bonds is 7. The van der Waals surface area contributed by atoms with Crippen LogP contribution in [0.3, 0.4) is 0 Å². The molecule has 0 spiro atoms. The summed E-state index contributed by atoms with van der Waals surface area (Å²) in [6.07, 6.45) is -0.390. The fourth-order valence-corrected chi connectivity index (χ4v) is 2.12. The molecule has 0 saturated heterocycles. The fourth-order valence-electron chi connectivity index (χ4n) is 2.12. The van der Waals surface area contributed by atoms with Gasteiger partial charge in [0.05, 0.1) is 6.04 Å². The van der Waals surface area contributed by atoms with E-state index >= 15 is 0 Å². The lowest BCUT2D eigenvalue weighted by atomic mass is 10.1. The van der Waals surface area contributed by atoms with Crippen LogP contribution in [0.5, 0.6) is 11.5 Å². The maximum absolute atomic E-state index is 11.6. The molecule has 0 bridgehead atoms. The first-order valence-electron chi connectivity index (χ1n) is 7.73. The van der Waals surface area contributed by atoms with Crippen molar-refractivity contribution in [3.63, 3.8) is 0 Å². The number of ether oxygens (including phenoxy) is 2. The Bertz CT molecular complexity index is 734. The Morgan fingerprint density at radius 1 is 1.08 bits per heavy atom. The van der Waals surface area contributed by atoms with Crippen LogP contribution >= 0.6 is 0 Å². The van der Waals surface area contributed by atoms with Gasteiger partial charge in [-0.25, -0.2) is 4.79 Å². The molecular weight excluding hydrogens is 322 g/mol. The number of carbonyl (C=O) groups is 2. The van der Waals surface area contributed by atoms with Crippen LogP contribution in [0.2, 0.25) is 0 Å². The minimum atomic E-state index is -0.816. The van der Waals surface area contributed by atoms with Crippen LogP contribution in [0.25, 0.3) is 0 Å². The number of benzene rings is 2. The fraction of sp³-hybridized carbons (Fsp3) is 0.222. The minimum Gasteiger partial charge on any atom is -0.485 e. The number of nitrogens with one attached hydrogen (secondary N) is 1. The molecule has 0 aliphatic carbocycles. The highest BCUT2D eigenvalue weighted by Gasteiger charge is 2.15. The van der Waals surface area contributed by atoms with Crippen LogP contribution in [0, 0.1) is 0 Å². The third-order valence-electron chi connectivity index (χ3n) is 3.47. The van der Waals surface area contributed by atoms with Gasteiger partial charge in [-0.05, 0) is 29.7 Å². The van der Waals surface area contributed by atoms with E-state index in [0.717, 1.165) is 5.56 Å². The van der Waals surface area contributed by atoms with Gasteiger partial charge >= 0.3 is 6.09 Å². The molecule has 7 nitrogen and oxygen atoms in total. The van der Waals surface area contributed by atoms with Gasteiger partial charge in [0.2, 0.25) is 5.91 Å². The Morgan fingerprint density at radius 3 is 2.44 bits per heavy atom. The van der Waals surface area contributed by atoms with Crippen molar-refractivity contribution in [2.75, 3.05) is 7.05 Å². The van der Waals surface area contributed by atoms with Crippen LogP contribution in [-0.4, -0.2) is 25.1 Å². The molecule has 25 heavy (non-hydrogen) atoms. The van der Waals surface area contributed by atoms with Crippen molar-refractivity contribution < 1.29 is 19.1 Å². The molecule has 7 heteroatoms. The molecule has 1 atom stereocenters. The Morgan fingerprint density at radius 2 is 1.80 bits per heavy atom. The van der Waals surface area contributed by atoms with Crippen molar-refractivity contribution in [1.82, 2.24) is 5.32 Å². The summed E-state index contributed by atoms with van der Waals surface area (Å²) >= 11 is 0. The van der Waals surface area contributed by atoms with Crippen molar-refractivity contribution >= 4 is 12.0 Å². The number of hydrogen-bond donors (Lipinski definition) is 3. The first-order valence-corrected chi connectivity index (χ1v) is 7.73. The molecule has 2 aromatic rings. The topological polar surface area (TPSA) is 117 Å². The highest BCUT2D eigenvalue weighted by molar-refractivity contribution is 5.80. The van der Waals surface area contributed by atoms with Gasteiger partial charge in [0.1, 0.15) is 6.61 Å². The minimum absolute atomic E-state index is 0.235. The summed E-state index contributed by atoms with van der Waals surface area (Å²) in [4.78, 5) is 22.7. The molecule has 0 aliphatic heterocycles. The predicted molar refractivity (Wildman–Crippen MR) is 93.2 cm³/mol. The van der Waals surface area contributed by atoms with E-state index in [-0.39, 0.29) is 12.2 Å². The Kier molecular flexibility index (Phi) is 6.36. The van der Waals surface area contributed by atoms with Crippen molar-refractivity contribution in [2.45, 2.75) is 19.1 Å². The molecule has 0 radical (unpaired) electrons. The molecule has 2 aromatic carbocycles. The van der Waals surface area contributed by atoms with Gasteiger partial charge < -0.3 is 26.3 Å². The largest absolute Gasteiger partial charge is 0.485 e. The van der Waals surface area contributed by atoms with E-state index < -0.39 is 18.0 Å². The Hall–Kier alpha value is -3.06. The van der Waals surface area contributed by atoms with Crippen molar-refractivity contribution in [3.05, 3.63) is 59.7 Å². The summed E-state index contributed by atoms with van der Waals surface area (Å²) in [6.45, 7) is 0.324. The van der Waals surface area contributed by atoms with E-state index in [1.807, 2.05) is 30.3 Å². The molecule has 0 heterocycles. The summed E-state index contributed by atoms with van der Waals surface area (Å²) < 4.78 is 11.0. The smallest absolute Gasteiger partial charge is 0.412 e. The zero-order valence-electron chi connectivity index (χ0n) is 13.9. The molecular formula is C18H21N3O4. The van der Waals surface area contributed by atoms with Gasteiger partial charge in [0, 0.05) is 7.05 Å². The Balaban J connectivity index is 2.18. The van der Waals surface area contributed by atoms with Crippen molar-refractivity contribution in [1.29, 1.82) is 0 Å². The maximum Gasteiger partial charge on any atom is 0.412 e. The van der Waals surface area contributed by atoms with Crippen LogP contribution < -0.4 is 26.3 Å². The highest BCUT2D eigenvalue weighted by Crippen LogP contribution is 2.30. The number of nitrogens with two attached hydrogens (primary N) is 2. The summed E-state index contributed by atoms with van der Waals surface area (Å²) in [5.74, 6) is 0.0477. The first kappa shape index (κ1) is 18.3. The number of carbonyl (C=O) groups excluding carboxylic acids is 2. The second kappa shape index (κ2) is 8.70. The van der Waals surface area contributed by atoms with Crippen LogP contribution in [0.1, 0.15) is 11.1 Å².